The van der Waals surface area contributed by atoms with Crippen molar-refractivity contribution in [3.05, 3.63) is 71.3 Å². The van der Waals surface area contributed by atoms with Crippen LogP contribution in [0.1, 0.15) is 17.2 Å². The van der Waals surface area contributed by atoms with Gasteiger partial charge < -0.3 is 0 Å². The molecule has 0 aromatic heterocycles. The van der Waals surface area contributed by atoms with Gasteiger partial charge in [-0.3, -0.25) is 5.84 Å². The molecule has 0 saturated carbocycles. The van der Waals surface area contributed by atoms with E-state index in [9.17, 15) is 8.78 Å². The Labute approximate surface area is 98.0 Å². The fraction of sp³-hybridized carbons (Fsp3) is 0.0769. The molecule has 0 heterocycles. The molecule has 2 aromatic rings. The summed E-state index contributed by atoms with van der Waals surface area (Å²) < 4.78 is 27.3. The van der Waals surface area contributed by atoms with Crippen molar-refractivity contribution >= 4 is 0 Å². The van der Waals surface area contributed by atoms with E-state index in [2.05, 4.69) is 5.43 Å². The number of hydrogen-bond acceptors (Lipinski definition) is 2. The molecule has 0 aliphatic rings. The predicted octanol–water partition coefficient (Wildman–Crippen LogP) is 2.52. The second-order valence-corrected chi connectivity index (χ2v) is 3.65. The van der Waals surface area contributed by atoms with Crippen LogP contribution in [0.2, 0.25) is 0 Å². The average Bonchev–Trinajstić information content (AvgIpc) is 2.35. The zero-order chi connectivity index (χ0) is 12.3. The monoisotopic (exact) mass is 234 g/mol. The summed E-state index contributed by atoms with van der Waals surface area (Å²) in [5, 5.41) is 0. The summed E-state index contributed by atoms with van der Waals surface area (Å²) in [5.74, 6) is 4.16. The van der Waals surface area contributed by atoms with Gasteiger partial charge in [0.25, 0.3) is 0 Å². The molecular weight excluding hydrogens is 222 g/mol. The quantitative estimate of drug-likeness (QED) is 0.632. The third-order valence-corrected chi connectivity index (χ3v) is 2.59. The molecule has 0 aliphatic heterocycles. The molecule has 2 rings (SSSR count). The zero-order valence-electron chi connectivity index (χ0n) is 9.03. The maximum atomic E-state index is 13.6. The maximum Gasteiger partial charge on any atom is 0.131 e. The largest absolute Gasteiger partial charge is 0.271 e. The standard InChI is InChI=1S/C13H12F2N2/c14-10-7-4-8-11(15)12(10)13(17-16)9-5-2-1-3-6-9/h1-8,13,17H,16H2. The van der Waals surface area contributed by atoms with E-state index in [1.165, 1.54) is 18.2 Å². The molecule has 0 fully saturated rings. The molecule has 88 valence electrons. The molecule has 0 amide bonds. The van der Waals surface area contributed by atoms with Gasteiger partial charge in [-0.25, -0.2) is 14.2 Å². The van der Waals surface area contributed by atoms with Gasteiger partial charge in [-0.1, -0.05) is 36.4 Å². The van der Waals surface area contributed by atoms with Gasteiger partial charge in [0.1, 0.15) is 11.6 Å². The Morgan fingerprint density at radius 1 is 0.882 bits per heavy atom. The molecule has 17 heavy (non-hydrogen) atoms. The summed E-state index contributed by atoms with van der Waals surface area (Å²) in [6.07, 6.45) is 0. The molecule has 4 heteroatoms. The number of nitrogens with one attached hydrogen (secondary N) is 1. The van der Waals surface area contributed by atoms with Crippen LogP contribution in [-0.4, -0.2) is 0 Å². The van der Waals surface area contributed by atoms with Gasteiger partial charge in [0.2, 0.25) is 0 Å². The van der Waals surface area contributed by atoms with Crippen LogP contribution in [0.3, 0.4) is 0 Å². The molecule has 2 aromatic carbocycles. The first-order valence-corrected chi connectivity index (χ1v) is 5.19. The zero-order valence-corrected chi connectivity index (χ0v) is 9.03. The van der Waals surface area contributed by atoms with E-state index in [0.717, 1.165) is 0 Å². The first kappa shape index (κ1) is 11.7. The molecule has 0 bridgehead atoms. The lowest BCUT2D eigenvalue weighted by Crippen LogP contribution is -2.30. The highest BCUT2D eigenvalue weighted by molar-refractivity contribution is 5.33. The Hall–Kier alpha value is -1.78. The second-order valence-electron chi connectivity index (χ2n) is 3.65. The van der Waals surface area contributed by atoms with Gasteiger partial charge in [-0.15, -0.1) is 0 Å². The molecule has 0 radical (unpaired) electrons. The molecule has 0 aliphatic carbocycles. The minimum absolute atomic E-state index is 0.0683. The molecular formula is C13H12F2N2. The highest BCUT2D eigenvalue weighted by Crippen LogP contribution is 2.25. The summed E-state index contributed by atoms with van der Waals surface area (Å²) in [6.45, 7) is 0. The maximum absolute atomic E-state index is 13.6. The van der Waals surface area contributed by atoms with Crippen molar-refractivity contribution in [3.63, 3.8) is 0 Å². The average molecular weight is 234 g/mol. The summed E-state index contributed by atoms with van der Waals surface area (Å²) in [5.41, 5.74) is 3.08. The van der Waals surface area contributed by atoms with Crippen LogP contribution in [0.25, 0.3) is 0 Å². The molecule has 2 nitrogen and oxygen atoms in total. The number of rotatable bonds is 3. The first-order chi connectivity index (χ1) is 8.24. The molecule has 1 unspecified atom stereocenters. The van der Waals surface area contributed by atoms with Crippen molar-refractivity contribution in [1.82, 2.24) is 5.43 Å². The smallest absolute Gasteiger partial charge is 0.131 e. The molecule has 0 saturated heterocycles. The van der Waals surface area contributed by atoms with Gasteiger partial charge in [0.05, 0.1) is 6.04 Å². The van der Waals surface area contributed by atoms with Gasteiger partial charge in [-0.05, 0) is 17.7 Å². The number of halogens is 2. The topological polar surface area (TPSA) is 38.0 Å². The van der Waals surface area contributed by atoms with Gasteiger partial charge in [0, 0.05) is 5.56 Å². The van der Waals surface area contributed by atoms with E-state index in [4.69, 9.17) is 5.84 Å². The van der Waals surface area contributed by atoms with E-state index in [-0.39, 0.29) is 5.56 Å². The van der Waals surface area contributed by atoms with Gasteiger partial charge in [-0.2, -0.15) is 0 Å². The van der Waals surface area contributed by atoms with Crippen LogP contribution in [0.4, 0.5) is 8.78 Å². The van der Waals surface area contributed by atoms with Gasteiger partial charge in [0.15, 0.2) is 0 Å². The van der Waals surface area contributed by atoms with Crippen LogP contribution in [-0.2, 0) is 0 Å². The third-order valence-electron chi connectivity index (χ3n) is 2.59. The highest BCUT2D eigenvalue weighted by Gasteiger charge is 2.20. The Kier molecular flexibility index (Phi) is 3.46. The van der Waals surface area contributed by atoms with Crippen molar-refractivity contribution in [3.8, 4) is 0 Å². The molecule has 0 spiro atoms. The SMILES string of the molecule is NNC(c1ccccc1)c1c(F)cccc1F. The highest BCUT2D eigenvalue weighted by atomic mass is 19.1. The number of benzene rings is 2. The van der Waals surface area contributed by atoms with Crippen LogP contribution in [0, 0.1) is 11.6 Å². The van der Waals surface area contributed by atoms with Crippen molar-refractivity contribution in [2.75, 3.05) is 0 Å². The van der Waals surface area contributed by atoms with E-state index in [1.807, 2.05) is 6.07 Å². The van der Waals surface area contributed by atoms with Crippen LogP contribution < -0.4 is 11.3 Å². The summed E-state index contributed by atoms with van der Waals surface area (Å²) in [4.78, 5) is 0. The summed E-state index contributed by atoms with van der Waals surface area (Å²) in [7, 11) is 0. The minimum Gasteiger partial charge on any atom is -0.271 e. The summed E-state index contributed by atoms with van der Waals surface area (Å²) >= 11 is 0. The van der Waals surface area contributed by atoms with Gasteiger partial charge >= 0.3 is 0 Å². The Balaban J connectivity index is 2.50. The number of hydrazine groups is 1. The Morgan fingerprint density at radius 3 is 2.00 bits per heavy atom. The van der Waals surface area contributed by atoms with Crippen molar-refractivity contribution in [2.45, 2.75) is 6.04 Å². The van der Waals surface area contributed by atoms with Crippen LogP contribution in [0.5, 0.6) is 0 Å². The minimum atomic E-state index is -0.697. The van der Waals surface area contributed by atoms with E-state index < -0.39 is 17.7 Å². The predicted molar refractivity (Wildman–Crippen MR) is 62.0 cm³/mol. The number of nitrogens with two attached hydrogens (primary N) is 1. The second kappa shape index (κ2) is 5.03. The first-order valence-electron chi connectivity index (χ1n) is 5.19. The van der Waals surface area contributed by atoms with E-state index in [1.54, 1.807) is 24.3 Å². The molecule has 3 N–H and O–H groups in total. The fourth-order valence-corrected chi connectivity index (χ4v) is 1.78. The Bertz CT molecular complexity index is 480. The van der Waals surface area contributed by atoms with E-state index in [0.29, 0.717) is 5.56 Å². The lowest BCUT2D eigenvalue weighted by Gasteiger charge is -2.18. The normalized spacial score (nSPS) is 12.4. The summed E-state index contributed by atoms with van der Waals surface area (Å²) in [6, 6.07) is 12.0. The van der Waals surface area contributed by atoms with Crippen molar-refractivity contribution < 1.29 is 8.78 Å². The number of hydrogen-bond donors (Lipinski definition) is 2. The van der Waals surface area contributed by atoms with E-state index >= 15 is 0 Å². The van der Waals surface area contributed by atoms with Crippen LogP contribution >= 0.6 is 0 Å². The van der Waals surface area contributed by atoms with Crippen LogP contribution in [0.15, 0.2) is 48.5 Å². The van der Waals surface area contributed by atoms with Crippen molar-refractivity contribution in [2.24, 2.45) is 5.84 Å². The lowest BCUT2D eigenvalue weighted by molar-refractivity contribution is 0.510. The molecule has 1 atom stereocenters. The van der Waals surface area contributed by atoms with Crippen molar-refractivity contribution in [1.29, 1.82) is 0 Å². The third kappa shape index (κ3) is 2.33. The fourth-order valence-electron chi connectivity index (χ4n) is 1.78. The Morgan fingerprint density at radius 2 is 1.47 bits per heavy atom. The lowest BCUT2D eigenvalue weighted by atomic mass is 9.98.